The molecule has 0 N–H and O–H groups in total. The van der Waals surface area contributed by atoms with Crippen LogP contribution >= 0.6 is 0 Å². The Kier molecular flexibility index (Phi) is 7.60. The van der Waals surface area contributed by atoms with Gasteiger partial charge in [0, 0.05) is 0 Å². The third kappa shape index (κ3) is 5.63. The number of rotatable bonds is 5. The quantitative estimate of drug-likeness (QED) is 0.156. The van der Waals surface area contributed by atoms with E-state index in [0.29, 0.717) is 0 Å². The van der Waals surface area contributed by atoms with E-state index in [1.54, 1.807) is 0 Å². The molecule has 0 radical (unpaired) electrons. The first-order valence-corrected chi connectivity index (χ1v) is 19.4. The zero-order chi connectivity index (χ0) is 37.0. The first kappa shape index (κ1) is 32.2. The van der Waals surface area contributed by atoms with Gasteiger partial charge < -0.3 is 0 Å². The zero-order valence-corrected chi connectivity index (χ0v) is 30.8. The van der Waals surface area contributed by atoms with Crippen molar-refractivity contribution in [2.75, 3.05) is 0 Å². The van der Waals surface area contributed by atoms with Crippen LogP contribution in [0.1, 0.15) is 0 Å². The summed E-state index contributed by atoms with van der Waals surface area (Å²) >= 11 is 0. The fourth-order valence-electron chi connectivity index (χ4n) is 8.69. The Labute approximate surface area is 326 Å². The van der Waals surface area contributed by atoms with Crippen LogP contribution in [0.4, 0.5) is 0 Å². The van der Waals surface area contributed by atoms with Crippen LogP contribution in [0, 0.1) is 0 Å². The second-order valence-corrected chi connectivity index (χ2v) is 14.9. The van der Waals surface area contributed by atoms with Crippen molar-refractivity contribution in [3.8, 4) is 55.6 Å². The van der Waals surface area contributed by atoms with Crippen molar-refractivity contribution in [2.24, 2.45) is 0 Å². The van der Waals surface area contributed by atoms with E-state index in [1.807, 2.05) is 0 Å². The topological polar surface area (TPSA) is 0 Å². The van der Waals surface area contributed by atoms with Gasteiger partial charge in [-0.25, -0.2) is 0 Å². The minimum absolute atomic E-state index is 1.23. The van der Waals surface area contributed by atoms with Gasteiger partial charge in [0.25, 0.3) is 0 Å². The summed E-state index contributed by atoms with van der Waals surface area (Å²) in [6.45, 7) is 0. The molecule has 0 bridgehead atoms. The monoisotopic (exact) mass is 708 g/mol. The van der Waals surface area contributed by atoms with Gasteiger partial charge in [-0.3, -0.25) is 0 Å². The lowest BCUT2D eigenvalue weighted by Gasteiger charge is -2.12. The fourth-order valence-corrected chi connectivity index (χ4v) is 8.69. The molecule has 260 valence electrons. The van der Waals surface area contributed by atoms with Gasteiger partial charge >= 0.3 is 0 Å². The van der Waals surface area contributed by atoms with Crippen molar-refractivity contribution in [1.82, 2.24) is 0 Å². The first-order chi connectivity index (χ1) is 27.7. The third-order valence-electron chi connectivity index (χ3n) is 11.6. The van der Waals surface area contributed by atoms with Gasteiger partial charge in [0.1, 0.15) is 0 Å². The molecule has 0 nitrogen and oxygen atoms in total. The molecule has 0 unspecified atom stereocenters. The molecule has 11 aromatic rings. The van der Waals surface area contributed by atoms with Crippen molar-refractivity contribution >= 4 is 53.9 Å². The van der Waals surface area contributed by atoms with E-state index >= 15 is 0 Å². The molecule has 0 fully saturated rings. The molecule has 0 saturated heterocycles. The van der Waals surface area contributed by atoms with Gasteiger partial charge in [-0.05, 0) is 140 Å². The van der Waals surface area contributed by atoms with Gasteiger partial charge in [0.2, 0.25) is 0 Å². The highest BCUT2D eigenvalue weighted by Gasteiger charge is 2.10. The molecule has 56 heavy (non-hydrogen) atoms. The van der Waals surface area contributed by atoms with Crippen LogP contribution < -0.4 is 0 Å². The van der Waals surface area contributed by atoms with E-state index in [2.05, 4.69) is 218 Å². The molecule has 0 heterocycles. The Morgan fingerprint density at radius 1 is 0.161 bits per heavy atom. The lowest BCUT2D eigenvalue weighted by molar-refractivity contribution is 1.60. The molecule has 0 heteroatoms. The molecular weight excluding hydrogens is 673 g/mol. The summed E-state index contributed by atoms with van der Waals surface area (Å²) < 4.78 is 0. The van der Waals surface area contributed by atoms with Crippen LogP contribution in [0.3, 0.4) is 0 Å². The molecule has 11 aromatic carbocycles. The molecule has 11 rings (SSSR count). The average molecular weight is 709 g/mol. The van der Waals surface area contributed by atoms with Crippen LogP contribution in [0.15, 0.2) is 218 Å². The van der Waals surface area contributed by atoms with Crippen LogP contribution in [0.2, 0.25) is 0 Å². The molecule has 0 saturated carbocycles. The second kappa shape index (κ2) is 13.2. The summed E-state index contributed by atoms with van der Waals surface area (Å²) in [5.74, 6) is 0. The predicted molar refractivity (Wildman–Crippen MR) is 241 cm³/mol. The molecule has 0 aliphatic carbocycles. The van der Waals surface area contributed by atoms with E-state index in [9.17, 15) is 0 Å². The Hall–Kier alpha value is -7.28. The van der Waals surface area contributed by atoms with Crippen molar-refractivity contribution in [2.45, 2.75) is 0 Å². The Morgan fingerprint density at radius 3 is 1.07 bits per heavy atom. The SMILES string of the molecule is c1ccc(-c2ccc(-c3ccc4c(ccc5cc(-c6ccc7c(ccc8cc(-c9cccc(-c%10cccc%11ccccc%10%11)c9)ccc87)c6)ccc54)c3)cc2)cc1. The van der Waals surface area contributed by atoms with Crippen LogP contribution in [0.25, 0.3) is 109 Å². The Bertz CT molecular complexity index is 3270. The Balaban J connectivity index is 0.884. The Morgan fingerprint density at radius 2 is 0.518 bits per heavy atom. The number of fused-ring (bicyclic) bond motifs is 7. The minimum Gasteiger partial charge on any atom is -0.0622 e. The fraction of sp³-hybridized carbons (Fsp3) is 0. The summed E-state index contributed by atoms with van der Waals surface area (Å²) in [5, 5.41) is 12.7. The largest absolute Gasteiger partial charge is 0.0622 e. The van der Waals surface area contributed by atoms with Gasteiger partial charge in [-0.15, -0.1) is 0 Å². The summed E-state index contributed by atoms with van der Waals surface area (Å²) in [6, 6.07) is 80.3. The summed E-state index contributed by atoms with van der Waals surface area (Å²) in [7, 11) is 0. The molecule has 0 amide bonds. The van der Waals surface area contributed by atoms with Gasteiger partial charge in [-0.1, -0.05) is 188 Å². The van der Waals surface area contributed by atoms with Crippen molar-refractivity contribution in [3.63, 3.8) is 0 Å². The van der Waals surface area contributed by atoms with E-state index in [1.165, 1.54) is 109 Å². The zero-order valence-electron chi connectivity index (χ0n) is 30.8. The molecule has 0 aliphatic heterocycles. The maximum absolute atomic E-state index is 2.34. The van der Waals surface area contributed by atoms with Gasteiger partial charge in [0.15, 0.2) is 0 Å². The molecule has 0 aromatic heterocycles. The van der Waals surface area contributed by atoms with Gasteiger partial charge in [-0.2, -0.15) is 0 Å². The highest BCUT2D eigenvalue weighted by atomic mass is 14.1. The van der Waals surface area contributed by atoms with Crippen molar-refractivity contribution in [3.05, 3.63) is 218 Å². The summed E-state index contributed by atoms with van der Waals surface area (Å²) in [5.41, 5.74) is 12.4. The molecular formula is C56H36. The van der Waals surface area contributed by atoms with Crippen LogP contribution in [-0.4, -0.2) is 0 Å². The van der Waals surface area contributed by atoms with Gasteiger partial charge in [0.05, 0.1) is 0 Å². The minimum atomic E-state index is 1.23. The van der Waals surface area contributed by atoms with E-state index in [-0.39, 0.29) is 0 Å². The number of benzene rings is 11. The van der Waals surface area contributed by atoms with Crippen LogP contribution in [0.5, 0.6) is 0 Å². The first-order valence-electron chi connectivity index (χ1n) is 19.4. The highest BCUT2D eigenvalue weighted by molar-refractivity contribution is 6.11. The predicted octanol–water partition coefficient (Wildman–Crippen LogP) is 15.8. The molecule has 0 atom stereocenters. The summed E-state index contributed by atoms with van der Waals surface area (Å²) in [4.78, 5) is 0. The lowest BCUT2D eigenvalue weighted by atomic mass is 9.92. The second-order valence-electron chi connectivity index (χ2n) is 14.9. The smallest absolute Gasteiger partial charge is 0.0105 e. The van der Waals surface area contributed by atoms with Crippen molar-refractivity contribution in [1.29, 1.82) is 0 Å². The maximum atomic E-state index is 2.34. The molecule has 0 spiro atoms. The van der Waals surface area contributed by atoms with E-state index in [4.69, 9.17) is 0 Å². The summed E-state index contributed by atoms with van der Waals surface area (Å²) in [6.07, 6.45) is 0. The van der Waals surface area contributed by atoms with Crippen molar-refractivity contribution < 1.29 is 0 Å². The number of hydrogen-bond donors (Lipinski definition) is 0. The normalized spacial score (nSPS) is 11.6. The standard InChI is InChI=1S/C56H36/c1-2-8-37(9-3-1)38-16-18-39(19-17-38)42-24-28-53-47(33-42)20-21-49-35-44(26-30-55(49)53)45-27-31-56-50(36-45)23-22-48-34-43(25-29-54(48)56)41-12-6-13-46(32-41)52-15-7-11-40-10-4-5-14-51(40)52/h1-36H. The molecule has 0 aliphatic rings. The lowest BCUT2D eigenvalue weighted by Crippen LogP contribution is -1.86. The average Bonchev–Trinajstić information content (AvgIpc) is 3.28. The number of hydrogen-bond acceptors (Lipinski definition) is 0. The van der Waals surface area contributed by atoms with Crippen LogP contribution in [-0.2, 0) is 0 Å². The third-order valence-corrected chi connectivity index (χ3v) is 11.6. The highest BCUT2D eigenvalue weighted by Crippen LogP contribution is 2.37. The van der Waals surface area contributed by atoms with E-state index in [0.717, 1.165) is 0 Å². The maximum Gasteiger partial charge on any atom is -0.0105 e. The van der Waals surface area contributed by atoms with E-state index < -0.39 is 0 Å².